The highest BCUT2D eigenvalue weighted by atomic mass is 16.5. The molecule has 1 fully saturated rings. The topological polar surface area (TPSA) is 41.6 Å². The molecule has 4 nitrogen and oxygen atoms in total. The molecule has 0 radical (unpaired) electrons. The van der Waals surface area contributed by atoms with Crippen LogP contribution < -0.4 is 10.1 Å². The molecule has 1 N–H and O–H groups in total. The van der Waals surface area contributed by atoms with Gasteiger partial charge in [-0.25, -0.2) is 0 Å². The number of nitrogens with zero attached hydrogens (tertiary/aromatic N) is 1. The Kier molecular flexibility index (Phi) is 5.41. The molecule has 1 heterocycles. The van der Waals surface area contributed by atoms with Crippen LogP contribution in [-0.4, -0.2) is 37.0 Å². The summed E-state index contributed by atoms with van der Waals surface area (Å²) in [5.74, 6) is 1.45. The molecule has 1 aromatic carbocycles. The van der Waals surface area contributed by atoms with Crippen molar-refractivity contribution in [1.29, 1.82) is 0 Å². The van der Waals surface area contributed by atoms with Gasteiger partial charge in [-0.1, -0.05) is 19.1 Å². The summed E-state index contributed by atoms with van der Waals surface area (Å²) in [7, 11) is 0. The van der Waals surface area contributed by atoms with Crippen LogP contribution >= 0.6 is 0 Å². The summed E-state index contributed by atoms with van der Waals surface area (Å²) in [6, 6.07) is 7.57. The minimum Gasteiger partial charge on any atom is -0.492 e. The molecular weight excluding hydrogens is 252 g/mol. The number of hydrogen-bond acceptors (Lipinski definition) is 3. The average molecular weight is 276 g/mol. The molecule has 1 aromatic rings. The van der Waals surface area contributed by atoms with Crippen LogP contribution in [0.25, 0.3) is 0 Å². The van der Waals surface area contributed by atoms with Crippen molar-refractivity contribution in [2.24, 2.45) is 5.92 Å². The van der Waals surface area contributed by atoms with E-state index in [0.29, 0.717) is 19.1 Å². The van der Waals surface area contributed by atoms with Crippen LogP contribution in [0.5, 0.6) is 5.75 Å². The van der Waals surface area contributed by atoms with Crippen molar-refractivity contribution in [3.8, 4) is 5.75 Å². The van der Waals surface area contributed by atoms with E-state index in [1.807, 2.05) is 31.2 Å². The third-order valence-electron chi connectivity index (χ3n) is 3.57. The number of carbonyl (C=O) groups is 1. The number of ether oxygens (including phenoxy) is 1. The van der Waals surface area contributed by atoms with Gasteiger partial charge in [-0.3, -0.25) is 9.69 Å². The number of benzene rings is 1. The summed E-state index contributed by atoms with van der Waals surface area (Å²) < 4.78 is 5.52. The fraction of sp³-hybridized carbons (Fsp3) is 0.562. The van der Waals surface area contributed by atoms with E-state index in [2.05, 4.69) is 17.1 Å². The number of anilines is 1. The second-order valence-corrected chi connectivity index (χ2v) is 5.46. The molecule has 2 rings (SSSR count). The minimum absolute atomic E-state index is 0.0336. The van der Waals surface area contributed by atoms with Crippen LogP contribution in [0.4, 0.5) is 5.69 Å². The number of amides is 1. The molecule has 0 spiro atoms. The van der Waals surface area contributed by atoms with Gasteiger partial charge in [0.2, 0.25) is 5.91 Å². The fourth-order valence-corrected chi connectivity index (χ4v) is 2.67. The van der Waals surface area contributed by atoms with Crippen LogP contribution in [-0.2, 0) is 4.79 Å². The van der Waals surface area contributed by atoms with E-state index in [1.54, 1.807) is 0 Å². The lowest BCUT2D eigenvalue weighted by Crippen LogP contribution is -2.39. The Morgan fingerprint density at radius 3 is 3.00 bits per heavy atom. The lowest BCUT2D eigenvalue weighted by atomic mass is 10.0. The maximum atomic E-state index is 12.1. The number of piperidine rings is 1. The number of carbonyl (C=O) groups excluding carboxylic acids is 1. The maximum absolute atomic E-state index is 12.1. The van der Waals surface area contributed by atoms with E-state index in [4.69, 9.17) is 4.74 Å². The lowest BCUT2D eigenvalue weighted by Gasteiger charge is -2.30. The van der Waals surface area contributed by atoms with E-state index in [0.717, 1.165) is 24.5 Å². The second kappa shape index (κ2) is 7.29. The van der Waals surface area contributed by atoms with Crippen molar-refractivity contribution in [2.75, 3.05) is 31.6 Å². The third-order valence-corrected chi connectivity index (χ3v) is 3.57. The van der Waals surface area contributed by atoms with Crippen molar-refractivity contribution in [1.82, 2.24) is 4.90 Å². The van der Waals surface area contributed by atoms with Gasteiger partial charge >= 0.3 is 0 Å². The van der Waals surface area contributed by atoms with Gasteiger partial charge in [-0.15, -0.1) is 0 Å². The zero-order valence-corrected chi connectivity index (χ0v) is 12.4. The van der Waals surface area contributed by atoms with Gasteiger partial charge in [0.1, 0.15) is 5.75 Å². The van der Waals surface area contributed by atoms with Gasteiger partial charge in [-0.2, -0.15) is 0 Å². The van der Waals surface area contributed by atoms with E-state index >= 15 is 0 Å². The van der Waals surface area contributed by atoms with Crippen LogP contribution in [0.3, 0.4) is 0 Å². The van der Waals surface area contributed by atoms with Gasteiger partial charge in [0.25, 0.3) is 0 Å². The highest BCUT2D eigenvalue weighted by molar-refractivity contribution is 5.93. The molecule has 1 amide bonds. The van der Waals surface area contributed by atoms with Gasteiger partial charge < -0.3 is 10.1 Å². The summed E-state index contributed by atoms with van der Waals surface area (Å²) in [5.41, 5.74) is 0.754. The van der Waals surface area contributed by atoms with E-state index in [-0.39, 0.29) is 5.91 Å². The Morgan fingerprint density at radius 1 is 1.45 bits per heavy atom. The SMILES string of the molecule is CCOc1ccccc1NC(=O)CN1CCC[C@@H](C)C1. The molecule has 0 bridgehead atoms. The first-order valence-corrected chi connectivity index (χ1v) is 7.43. The maximum Gasteiger partial charge on any atom is 0.238 e. The molecule has 0 saturated carbocycles. The predicted molar refractivity (Wildman–Crippen MR) is 81.1 cm³/mol. The normalized spacial score (nSPS) is 19.6. The third kappa shape index (κ3) is 4.23. The molecule has 0 unspecified atom stereocenters. The minimum atomic E-state index is 0.0336. The Bertz CT molecular complexity index is 448. The molecule has 1 saturated heterocycles. The van der Waals surface area contributed by atoms with Gasteiger partial charge in [0.05, 0.1) is 18.8 Å². The van der Waals surface area contributed by atoms with Crippen molar-refractivity contribution in [3.63, 3.8) is 0 Å². The highest BCUT2D eigenvalue weighted by Crippen LogP contribution is 2.23. The summed E-state index contributed by atoms with van der Waals surface area (Å²) in [4.78, 5) is 14.4. The standard InChI is InChI=1S/C16H24N2O2/c1-3-20-15-9-5-4-8-14(15)17-16(19)12-18-10-6-7-13(2)11-18/h4-5,8-9,13H,3,6-7,10-12H2,1-2H3,(H,17,19)/t13-/m1/s1. The zero-order chi connectivity index (χ0) is 14.4. The van der Waals surface area contributed by atoms with Crippen LogP contribution in [0.2, 0.25) is 0 Å². The van der Waals surface area contributed by atoms with Crippen LogP contribution in [0.1, 0.15) is 26.7 Å². The van der Waals surface area contributed by atoms with Crippen LogP contribution in [0.15, 0.2) is 24.3 Å². The van der Waals surface area contributed by atoms with Crippen molar-refractivity contribution in [2.45, 2.75) is 26.7 Å². The first kappa shape index (κ1) is 14.9. The molecular formula is C16H24N2O2. The Labute approximate surface area is 121 Å². The molecule has 110 valence electrons. The number of likely N-dealkylation sites (tertiary alicyclic amines) is 1. The van der Waals surface area contributed by atoms with E-state index in [9.17, 15) is 4.79 Å². The summed E-state index contributed by atoms with van der Waals surface area (Å²) >= 11 is 0. The van der Waals surface area contributed by atoms with Crippen molar-refractivity contribution in [3.05, 3.63) is 24.3 Å². The predicted octanol–water partition coefficient (Wildman–Crippen LogP) is 2.76. The van der Waals surface area contributed by atoms with Crippen molar-refractivity contribution >= 4 is 11.6 Å². The fourth-order valence-electron chi connectivity index (χ4n) is 2.67. The molecule has 1 atom stereocenters. The molecule has 0 aliphatic carbocycles. The monoisotopic (exact) mass is 276 g/mol. The number of nitrogens with one attached hydrogen (secondary N) is 1. The van der Waals surface area contributed by atoms with Crippen LogP contribution in [0, 0.1) is 5.92 Å². The van der Waals surface area contributed by atoms with E-state index < -0.39 is 0 Å². The first-order chi connectivity index (χ1) is 9.69. The average Bonchev–Trinajstić information content (AvgIpc) is 2.41. The summed E-state index contributed by atoms with van der Waals surface area (Å²) in [6.45, 7) is 7.27. The van der Waals surface area contributed by atoms with Gasteiger partial charge in [0.15, 0.2) is 0 Å². The molecule has 1 aliphatic heterocycles. The summed E-state index contributed by atoms with van der Waals surface area (Å²) in [5, 5.41) is 2.95. The lowest BCUT2D eigenvalue weighted by molar-refractivity contribution is -0.117. The Morgan fingerprint density at radius 2 is 2.25 bits per heavy atom. The zero-order valence-electron chi connectivity index (χ0n) is 12.4. The Balaban J connectivity index is 1.91. The largest absolute Gasteiger partial charge is 0.492 e. The Hall–Kier alpha value is -1.55. The van der Waals surface area contributed by atoms with E-state index in [1.165, 1.54) is 12.8 Å². The highest BCUT2D eigenvalue weighted by Gasteiger charge is 2.18. The molecule has 0 aromatic heterocycles. The van der Waals surface area contributed by atoms with Gasteiger partial charge in [0, 0.05) is 6.54 Å². The van der Waals surface area contributed by atoms with Crippen molar-refractivity contribution < 1.29 is 9.53 Å². The van der Waals surface area contributed by atoms with Gasteiger partial charge in [-0.05, 0) is 44.4 Å². The molecule has 20 heavy (non-hydrogen) atoms. The number of para-hydroxylation sites is 2. The number of rotatable bonds is 5. The molecule has 1 aliphatic rings. The first-order valence-electron chi connectivity index (χ1n) is 7.43. The molecule has 4 heteroatoms. The smallest absolute Gasteiger partial charge is 0.238 e. The second-order valence-electron chi connectivity index (χ2n) is 5.46. The summed E-state index contributed by atoms with van der Waals surface area (Å²) in [6.07, 6.45) is 2.45. The quantitative estimate of drug-likeness (QED) is 0.899. The number of hydrogen-bond donors (Lipinski definition) is 1.